The lowest BCUT2D eigenvalue weighted by Crippen LogP contribution is -2.27. The monoisotopic (exact) mass is 360 g/mol. The minimum Gasteiger partial charge on any atom is -0.383 e. The Morgan fingerprint density at radius 3 is 2.67 bits per heavy atom. The molecule has 0 aliphatic heterocycles. The van der Waals surface area contributed by atoms with E-state index in [4.69, 9.17) is 4.74 Å². The quantitative estimate of drug-likeness (QED) is 0.537. The van der Waals surface area contributed by atoms with Crippen molar-refractivity contribution in [3.05, 3.63) is 78.8 Å². The van der Waals surface area contributed by atoms with Gasteiger partial charge in [0.05, 0.1) is 6.61 Å². The van der Waals surface area contributed by atoms with Gasteiger partial charge in [0.2, 0.25) is 0 Å². The van der Waals surface area contributed by atoms with Crippen LogP contribution in [0.4, 0.5) is 0 Å². The summed E-state index contributed by atoms with van der Waals surface area (Å²) in [5, 5.41) is 7.21. The molecular formula is C21H20N4O2. The van der Waals surface area contributed by atoms with E-state index >= 15 is 0 Å². The van der Waals surface area contributed by atoms with Crippen LogP contribution in [0.3, 0.4) is 0 Å². The van der Waals surface area contributed by atoms with Crippen molar-refractivity contribution in [2.24, 2.45) is 0 Å². The highest BCUT2D eigenvalue weighted by molar-refractivity contribution is 5.92. The number of benzene rings is 1. The standard InChI is InChI=1S/C21H20N4O2/c1-27-14-12-22-21(26)19-11-13-25(23-19)20-10-9-18-8-7-17(15-24(18)20)16-5-3-2-4-6-16/h2-11,13,15H,12,14H2,1H3,(H,22,26). The Labute approximate surface area is 157 Å². The number of methoxy groups -OCH3 is 1. The van der Waals surface area contributed by atoms with Crippen LogP contribution in [0.1, 0.15) is 10.5 Å². The van der Waals surface area contributed by atoms with Crippen LogP contribution in [-0.2, 0) is 4.74 Å². The normalized spacial score (nSPS) is 11.0. The predicted molar refractivity (Wildman–Crippen MR) is 104 cm³/mol. The molecule has 0 aliphatic rings. The number of nitrogens with zero attached hydrogens (tertiary/aromatic N) is 3. The van der Waals surface area contributed by atoms with Crippen LogP contribution in [0.2, 0.25) is 0 Å². The molecule has 136 valence electrons. The third kappa shape index (κ3) is 3.47. The molecule has 0 saturated heterocycles. The van der Waals surface area contributed by atoms with Gasteiger partial charge >= 0.3 is 0 Å². The van der Waals surface area contributed by atoms with Gasteiger partial charge in [0.25, 0.3) is 5.91 Å². The van der Waals surface area contributed by atoms with Crippen molar-refractivity contribution in [2.45, 2.75) is 0 Å². The first-order valence-electron chi connectivity index (χ1n) is 8.76. The number of carbonyl (C=O) groups excluding carboxylic acids is 1. The number of hydrogen-bond acceptors (Lipinski definition) is 3. The molecule has 0 fully saturated rings. The lowest BCUT2D eigenvalue weighted by atomic mass is 10.1. The molecule has 1 N–H and O–H groups in total. The first-order chi connectivity index (χ1) is 13.3. The Balaban J connectivity index is 1.65. The minimum absolute atomic E-state index is 0.211. The molecule has 0 aliphatic carbocycles. The van der Waals surface area contributed by atoms with Crippen molar-refractivity contribution in [2.75, 3.05) is 20.3 Å². The van der Waals surface area contributed by atoms with Gasteiger partial charge in [-0.25, -0.2) is 4.68 Å². The third-order valence-corrected chi connectivity index (χ3v) is 4.39. The van der Waals surface area contributed by atoms with Crippen LogP contribution in [0, 0.1) is 0 Å². The number of carbonyl (C=O) groups is 1. The van der Waals surface area contributed by atoms with Crippen LogP contribution >= 0.6 is 0 Å². The topological polar surface area (TPSA) is 60.6 Å². The number of nitrogens with one attached hydrogen (secondary N) is 1. The van der Waals surface area contributed by atoms with Crippen LogP contribution in [-0.4, -0.2) is 40.3 Å². The van der Waals surface area contributed by atoms with E-state index in [0.29, 0.717) is 18.8 Å². The highest BCUT2D eigenvalue weighted by Crippen LogP contribution is 2.22. The second-order valence-corrected chi connectivity index (χ2v) is 6.16. The van der Waals surface area contributed by atoms with Crippen LogP contribution < -0.4 is 5.32 Å². The van der Waals surface area contributed by atoms with Crippen LogP contribution in [0.25, 0.3) is 22.5 Å². The van der Waals surface area contributed by atoms with Gasteiger partial charge in [-0.2, -0.15) is 5.10 Å². The van der Waals surface area contributed by atoms with Gasteiger partial charge in [0, 0.05) is 31.6 Å². The van der Waals surface area contributed by atoms with Crippen molar-refractivity contribution in [3.63, 3.8) is 0 Å². The van der Waals surface area contributed by atoms with Gasteiger partial charge in [0.1, 0.15) is 5.82 Å². The first-order valence-corrected chi connectivity index (χ1v) is 8.76. The largest absolute Gasteiger partial charge is 0.383 e. The SMILES string of the molecule is COCCNC(=O)c1ccn(-c2ccc3ccc(-c4ccccc4)cn23)n1. The molecule has 3 aromatic heterocycles. The third-order valence-electron chi connectivity index (χ3n) is 4.39. The molecule has 0 spiro atoms. The highest BCUT2D eigenvalue weighted by Gasteiger charge is 2.12. The van der Waals surface area contributed by atoms with Crippen LogP contribution in [0.5, 0.6) is 0 Å². The molecule has 3 heterocycles. The van der Waals surface area contributed by atoms with Gasteiger partial charge in [-0.15, -0.1) is 0 Å². The summed E-state index contributed by atoms with van der Waals surface area (Å²) in [5.41, 5.74) is 3.70. The lowest BCUT2D eigenvalue weighted by molar-refractivity contribution is 0.0931. The maximum atomic E-state index is 12.2. The zero-order chi connectivity index (χ0) is 18.6. The number of hydrogen-bond donors (Lipinski definition) is 1. The Morgan fingerprint density at radius 1 is 1.04 bits per heavy atom. The summed E-state index contributed by atoms with van der Waals surface area (Å²) in [6.07, 6.45) is 3.88. The fraction of sp³-hybridized carbons (Fsp3) is 0.143. The number of amides is 1. The van der Waals surface area contributed by atoms with Crippen molar-refractivity contribution >= 4 is 11.4 Å². The molecule has 0 saturated carbocycles. The molecule has 0 atom stereocenters. The summed E-state index contributed by atoms with van der Waals surface area (Å²) >= 11 is 0. The molecule has 0 unspecified atom stereocenters. The summed E-state index contributed by atoms with van der Waals surface area (Å²) < 4.78 is 8.73. The van der Waals surface area contributed by atoms with Crippen LogP contribution in [0.15, 0.2) is 73.1 Å². The smallest absolute Gasteiger partial charge is 0.271 e. The molecule has 1 aromatic carbocycles. The number of aromatic nitrogens is 3. The summed E-state index contributed by atoms with van der Waals surface area (Å²) in [6, 6.07) is 20.1. The van der Waals surface area contributed by atoms with E-state index in [-0.39, 0.29) is 5.91 Å². The van der Waals surface area contributed by atoms with Crippen molar-refractivity contribution in [3.8, 4) is 16.9 Å². The fourth-order valence-corrected chi connectivity index (χ4v) is 3.00. The molecule has 1 amide bonds. The van der Waals surface area contributed by atoms with E-state index in [2.05, 4.69) is 45.3 Å². The molecule has 0 radical (unpaired) electrons. The summed E-state index contributed by atoms with van der Waals surface area (Å²) in [4.78, 5) is 12.2. The maximum Gasteiger partial charge on any atom is 0.271 e. The Bertz CT molecular complexity index is 1070. The molecular weight excluding hydrogens is 340 g/mol. The Morgan fingerprint density at radius 2 is 1.85 bits per heavy atom. The van der Waals surface area contributed by atoms with Gasteiger partial charge in [-0.1, -0.05) is 36.4 Å². The van der Waals surface area contributed by atoms with E-state index in [1.807, 2.05) is 30.3 Å². The van der Waals surface area contributed by atoms with Crippen molar-refractivity contribution in [1.82, 2.24) is 19.5 Å². The second-order valence-electron chi connectivity index (χ2n) is 6.16. The van der Waals surface area contributed by atoms with E-state index in [0.717, 1.165) is 22.5 Å². The number of rotatable bonds is 6. The molecule has 6 heteroatoms. The van der Waals surface area contributed by atoms with E-state index < -0.39 is 0 Å². The lowest BCUT2D eigenvalue weighted by Gasteiger charge is -2.07. The van der Waals surface area contributed by atoms with E-state index in [1.165, 1.54) is 0 Å². The predicted octanol–water partition coefficient (Wildman–Crippen LogP) is 3.17. The fourth-order valence-electron chi connectivity index (χ4n) is 3.00. The number of ether oxygens (including phenoxy) is 1. The summed E-state index contributed by atoms with van der Waals surface area (Å²) in [6.45, 7) is 0.925. The number of pyridine rings is 1. The molecule has 0 bridgehead atoms. The summed E-state index contributed by atoms with van der Waals surface area (Å²) in [7, 11) is 1.60. The minimum atomic E-state index is -0.211. The van der Waals surface area contributed by atoms with Crippen molar-refractivity contribution < 1.29 is 9.53 Å². The van der Waals surface area contributed by atoms with Gasteiger partial charge in [0.15, 0.2) is 5.69 Å². The molecule has 27 heavy (non-hydrogen) atoms. The molecule has 4 rings (SSSR count). The summed E-state index contributed by atoms with van der Waals surface area (Å²) in [5.74, 6) is 0.662. The van der Waals surface area contributed by atoms with Gasteiger partial charge in [-0.3, -0.25) is 4.79 Å². The second kappa shape index (κ2) is 7.47. The first kappa shape index (κ1) is 17.1. The zero-order valence-electron chi connectivity index (χ0n) is 15.0. The van der Waals surface area contributed by atoms with Gasteiger partial charge in [-0.05, 0) is 35.4 Å². The maximum absolute atomic E-state index is 12.2. The highest BCUT2D eigenvalue weighted by atomic mass is 16.5. The average Bonchev–Trinajstić information content (AvgIpc) is 3.35. The van der Waals surface area contributed by atoms with Crippen molar-refractivity contribution in [1.29, 1.82) is 0 Å². The zero-order valence-corrected chi connectivity index (χ0v) is 15.0. The van der Waals surface area contributed by atoms with E-state index in [1.54, 1.807) is 24.1 Å². The van der Waals surface area contributed by atoms with E-state index in [9.17, 15) is 4.79 Å². The number of fused-ring (bicyclic) bond motifs is 1. The Kier molecular flexibility index (Phi) is 4.72. The average molecular weight is 360 g/mol. The molecule has 6 nitrogen and oxygen atoms in total. The Hall–Kier alpha value is -3.38. The molecule has 4 aromatic rings. The van der Waals surface area contributed by atoms with Gasteiger partial charge < -0.3 is 14.5 Å².